The minimum absolute atomic E-state index is 0.0190. The highest BCUT2D eigenvalue weighted by atomic mass is 31.2. The van der Waals surface area contributed by atoms with Gasteiger partial charge < -0.3 is 27.9 Å². The Bertz CT molecular complexity index is 1340. The maximum absolute atomic E-state index is 12.8. The van der Waals surface area contributed by atoms with Gasteiger partial charge in [-0.25, -0.2) is 0 Å². The zero-order chi connectivity index (χ0) is 49.0. The van der Waals surface area contributed by atoms with E-state index in [1.807, 2.05) is 21.1 Å². The Kier molecular flexibility index (Phi) is 48.3. The van der Waals surface area contributed by atoms with Gasteiger partial charge >= 0.3 is 5.97 Å². The predicted octanol–water partition coefficient (Wildman–Crippen LogP) is 16.5. The first-order valence-corrected chi connectivity index (χ1v) is 28.8. The van der Waals surface area contributed by atoms with E-state index in [0.29, 0.717) is 24.1 Å². The van der Waals surface area contributed by atoms with Crippen molar-refractivity contribution >= 4 is 13.8 Å². The van der Waals surface area contributed by atoms with Crippen LogP contribution in [0, 0.1) is 0 Å². The third kappa shape index (κ3) is 54.5. The number of quaternary nitrogens is 1. The maximum Gasteiger partial charge on any atom is 0.306 e. The number of ether oxygens (including phenoxy) is 2. The summed E-state index contributed by atoms with van der Waals surface area (Å²) in [5, 5.41) is 0. The smallest absolute Gasteiger partial charge is 0.306 e. The lowest BCUT2D eigenvalue weighted by Crippen LogP contribution is -2.37. The first kappa shape index (κ1) is 64.7. The molecule has 0 saturated carbocycles. The number of carbonyl (C=O) groups excluding carboxylic acids is 1. The van der Waals surface area contributed by atoms with Crippen LogP contribution in [0.5, 0.6) is 0 Å². The second-order valence-corrected chi connectivity index (χ2v) is 20.6. The zero-order valence-electron chi connectivity index (χ0n) is 44.1. The quantitative estimate of drug-likeness (QED) is 0.0197. The summed E-state index contributed by atoms with van der Waals surface area (Å²) in [7, 11) is 1.34. The van der Waals surface area contributed by atoms with E-state index in [1.165, 1.54) is 116 Å². The minimum atomic E-state index is -4.54. The van der Waals surface area contributed by atoms with E-state index in [2.05, 4.69) is 98.9 Å². The summed E-state index contributed by atoms with van der Waals surface area (Å²) in [5.74, 6) is -0.344. The molecular weight excluding hydrogens is 854 g/mol. The largest absolute Gasteiger partial charge is 0.756 e. The molecule has 0 amide bonds. The van der Waals surface area contributed by atoms with Gasteiger partial charge in [0.2, 0.25) is 0 Å². The summed E-state index contributed by atoms with van der Waals surface area (Å²) in [5.41, 5.74) is 0. The Balaban J connectivity index is 4.16. The number of hydrogen-bond donors (Lipinski definition) is 0. The molecule has 0 saturated heterocycles. The lowest BCUT2D eigenvalue weighted by Gasteiger charge is -2.28. The van der Waals surface area contributed by atoms with Crippen LogP contribution >= 0.6 is 7.82 Å². The first-order chi connectivity index (χ1) is 32.6. The molecule has 0 aliphatic rings. The summed E-state index contributed by atoms with van der Waals surface area (Å²) >= 11 is 0. The highest BCUT2D eigenvalue weighted by Gasteiger charge is 2.20. The zero-order valence-corrected chi connectivity index (χ0v) is 45.0. The molecule has 0 spiro atoms. The number of esters is 1. The van der Waals surface area contributed by atoms with Gasteiger partial charge in [-0.05, 0) is 89.9 Å². The number of unbranched alkanes of at least 4 members (excludes halogenated alkanes) is 22. The van der Waals surface area contributed by atoms with Crippen LogP contribution in [-0.2, 0) is 27.9 Å². The standard InChI is InChI=1S/C58H104NO7P/c1-6-8-10-12-14-16-18-20-22-24-26-28-30-31-33-35-37-39-41-43-45-47-49-51-58(60)66-57(56-65-67(61,62)64-54-52-59(3,4)5)55-63-53-50-48-46-44-42-40-38-36-34-32-29-27-25-23-21-19-17-15-13-11-9-7-2/h8,10,14,16,19-22,25-28,32,34,57H,6-7,9,11-13,15,17-18,23-24,29-31,33,35-56H2,1-5H3/b10-8-,16-14-,21-19-,22-20-,27-25-,28-26-,34-32-. The number of phosphoric acid groups is 1. The molecule has 9 heteroatoms. The van der Waals surface area contributed by atoms with Gasteiger partial charge in [0.05, 0.1) is 34.4 Å². The molecule has 388 valence electrons. The molecule has 0 fully saturated rings. The van der Waals surface area contributed by atoms with Crippen LogP contribution in [0.1, 0.15) is 219 Å². The van der Waals surface area contributed by atoms with Crippen LogP contribution in [0.25, 0.3) is 0 Å². The maximum atomic E-state index is 12.8. The van der Waals surface area contributed by atoms with Gasteiger partial charge in [-0.3, -0.25) is 9.36 Å². The van der Waals surface area contributed by atoms with Gasteiger partial charge in [0.15, 0.2) is 0 Å². The molecule has 67 heavy (non-hydrogen) atoms. The fourth-order valence-electron chi connectivity index (χ4n) is 7.25. The molecule has 0 heterocycles. The Morgan fingerprint density at radius 2 is 0.866 bits per heavy atom. The molecule has 8 nitrogen and oxygen atoms in total. The van der Waals surface area contributed by atoms with E-state index < -0.39 is 13.9 Å². The second-order valence-electron chi connectivity index (χ2n) is 19.2. The molecule has 0 aromatic carbocycles. The van der Waals surface area contributed by atoms with Crippen molar-refractivity contribution < 1.29 is 37.3 Å². The lowest BCUT2D eigenvalue weighted by molar-refractivity contribution is -0.870. The molecule has 0 aromatic rings. The number of rotatable bonds is 50. The number of hydrogen-bond acceptors (Lipinski definition) is 7. The minimum Gasteiger partial charge on any atom is -0.756 e. The van der Waals surface area contributed by atoms with E-state index >= 15 is 0 Å². The Labute approximate surface area is 414 Å². The molecule has 0 radical (unpaired) electrons. The predicted molar refractivity (Wildman–Crippen MR) is 286 cm³/mol. The van der Waals surface area contributed by atoms with Gasteiger partial charge in [-0.1, -0.05) is 208 Å². The molecule has 0 aromatic heterocycles. The van der Waals surface area contributed by atoms with Crippen molar-refractivity contribution in [3.8, 4) is 0 Å². The van der Waals surface area contributed by atoms with Crippen molar-refractivity contribution in [3.05, 3.63) is 85.1 Å². The normalized spacial score (nSPS) is 14.2. The molecule has 0 bridgehead atoms. The molecular formula is C58H104NO7P. The van der Waals surface area contributed by atoms with Crippen LogP contribution < -0.4 is 4.89 Å². The highest BCUT2D eigenvalue weighted by molar-refractivity contribution is 7.45. The van der Waals surface area contributed by atoms with Crippen molar-refractivity contribution in [3.63, 3.8) is 0 Å². The molecule has 0 aliphatic heterocycles. The molecule has 0 rings (SSSR count). The fourth-order valence-corrected chi connectivity index (χ4v) is 7.98. The van der Waals surface area contributed by atoms with Crippen LogP contribution in [0.2, 0.25) is 0 Å². The number of phosphoric ester groups is 1. The van der Waals surface area contributed by atoms with Crippen LogP contribution in [0.4, 0.5) is 0 Å². The third-order valence-electron chi connectivity index (χ3n) is 11.4. The molecule has 0 aliphatic carbocycles. The summed E-state index contributed by atoms with van der Waals surface area (Å²) in [6.45, 7) is 5.26. The number of likely N-dealkylation sites (N-methyl/N-ethyl adjacent to an activating group) is 1. The van der Waals surface area contributed by atoms with Crippen molar-refractivity contribution in [2.24, 2.45) is 0 Å². The topological polar surface area (TPSA) is 94.1 Å². The number of carbonyl (C=O) groups is 1. The average molecular weight is 958 g/mol. The summed E-state index contributed by atoms with van der Waals surface area (Å²) in [6, 6.07) is 0. The van der Waals surface area contributed by atoms with Crippen LogP contribution in [0.15, 0.2) is 85.1 Å². The SMILES string of the molecule is CC/C=C\C/C=C\C/C=C\C/C=C\CCCCCCCCCCCCC(=O)OC(COCCCCCCCCC/C=C\C/C=C\C/C=C\CCCCCCC)COP(=O)([O-])OCC[N+](C)(C)C. The van der Waals surface area contributed by atoms with Crippen molar-refractivity contribution in [1.29, 1.82) is 0 Å². The van der Waals surface area contributed by atoms with Crippen LogP contribution in [0.3, 0.4) is 0 Å². The van der Waals surface area contributed by atoms with Gasteiger partial charge in [0, 0.05) is 13.0 Å². The number of nitrogens with zero attached hydrogens (tertiary/aromatic N) is 1. The monoisotopic (exact) mass is 958 g/mol. The highest BCUT2D eigenvalue weighted by Crippen LogP contribution is 2.38. The van der Waals surface area contributed by atoms with Crippen molar-refractivity contribution in [2.45, 2.75) is 225 Å². The number of allylic oxidation sites excluding steroid dienone is 14. The molecule has 0 N–H and O–H groups in total. The molecule has 2 atom stereocenters. The molecule has 2 unspecified atom stereocenters. The Morgan fingerprint density at radius 3 is 1.30 bits per heavy atom. The second kappa shape index (κ2) is 50.1. The van der Waals surface area contributed by atoms with Crippen LogP contribution in [-0.4, -0.2) is 70.7 Å². The third-order valence-corrected chi connectivity index (χ3v) is 12.4. The van der Waals surface area contributed by atoms with Crippen molar-refractivity contribution in [2.75, 3.05) is 54.1 Å². The fraction of sp³-hybridized carbons (Fsp3) is 0.741. The van der Waals surface area contributed by atoms with E-state index in [9.17, 15) is 14.3 Å². The Morgan fingerprint density at radius 1 is 0.478 bits per heavy atom. The van der Waals surface area contributed by atoms with Gasteiger partial charge in [0.1, 0.15) is 19.3 Å². The van der Waals surface area contributed by atoms with E-state index in [1.54, 1.807) is 0 Å². The van der Waals surface area contributed by atoms with Gasteiger partial charge in [-0.15, -0.1) is 0 Å². The van der Waals surface area contributed by atoms with E-state index in [4.69, 9.17) is 18.5 Å². The van der Waals surface area contributed by atoms with Gasteiger partial charge in [0.25, 0.3) is 7.82 Å². The first-order valence-electron chi connectivity index (χ1n) is 27.3. The lowest BCUT2D eigenvalue weighted by atomic mass is 10.0. The summed E-state index contributed by atoms with van der Waals surface area (Å²) < 4.78 is 34.8. The summed E-state index contributed by atoms with van der Waals surface area (Å²) in [6.07, 6.45) is 67.5. The summed E-state index contributed by atoms with van der Waals surface area (Å²) in [4.78, 5) is 25.2. The van der Waals surface area contributed by atoms with Crippen molar-refractivity contribution in [1.82, 2.24) is 0 Å². The average Bonchev–Trinajstić information content (AvgIpc) is 3.29. The Hall–Kier alpha value is -2.32. The van der Waals surface area contributed by atoms with Gasteiger partial charge in [-0.2, -0.15) is 0 Å². The van der Waals surface area contributed by atoms with E-state index in [-0.39, 0.29) is 25.8 Å². The van der Waals surface area contributed by atoms with E-state index in [0.717, 1.165) is 83.5 Å².